The maximum atomic E-state index is 12.1. The van der Waals surface area contributed by atoms with E-state index < -0.39 is 10.2 Å². The summed E-state index contributed by atoms with van der Waals surface area (Å²) < 4.78 is 28.2. The van der Waals surface area contributed by atoms with Gasteiger partial charge in [-0.25, -0.2) is 4.72 Å². The van der Waals surface area contributed by atoms with Crippen molar-refractivity contribution in [1.29, 1.82) is 0 Å². The largest absolute Gasteiger partial charge is 0.393 e. The van der Waals surface area contributed by atoms with E-state index >= 15 is 0 Å². The Morgan fingerprint density at radius 1 is 1.28 bits per heavy atom. The minimum Gasteiger partial charge on any atom is -0.393 e. The van der Waals surface area contributed by atoms with E-state index in [9.17, 15) is 8.42 Å². The van der Waals surface area contributed by atoms with Gasteiger partial charge in [0.1, 0.15) is 0 Å². The Balaban J connectivity index is 4.65. The minimum absolute atomic E-state index is 0.256. The van der Waals surface area contributed by atoms with Crippen LogP contribution in [0.2, 0.25) is 0 Å². The van der Waals surface area contributed by atoms with E-state index in [1.807, 2.05) is 27.7 Å². The molecule has 0 amide bonds. The molecule has 0 aliphatic carbocycles. The molecule has 0 radical (unpaired) electrons. The van der Waals surface area contributed by atoms with Crippen LogP contribution in [0.25, 0.3) is 0 Å². The lowest BCUT2D eigenvalue weighted by Gasteiger charge is -2.24. The molecule has 7 heteroatoms. The smallest absolute Gasteiger partial charge is 0.279 e. The van der Waals surface area contributed by atoms with Crippen molar-refractivity contribution in [1.82, 2.24) is 9.03 Å². The zero-order valence-electron chi connectivity index (χ0n) is 11.6. The molecule has 18 heavy (non-hydrogen) atoms. The van der Waals surface area contributed by atoms with Crippen LogP contribution in [0.5, 0.6) is 0 Å². The van der Waals surface area contributed by atoms with E-state index in [0.717, 1.165) is 0 Å². The van der Waals surface area contributed by atoms with Crippen molar-refractivity contribution in [2.24, 2.45) is 17.6 Å². The van der Waals surface area contributed by atoms with Crippen LogP contribution in [0, 0.1) is 11.8 Å². The molecule has 3 N–H and O–H groups in total. The van der Waals surface area contributed by atoms with Gasteiger partial charge < -0.3 is 5.73 Å². The Hall–Kier alpha value is -0.240. The van der Waals surface area contributed by atoms with Gasteiger partial charge in [-0.1, -0.05) is 39.9 Å². The van der Waals surface area contributed by atoms with Crippen LogP contribution in [-0.4, -0.2) is 37.3 Å². The molecule has 0 heterocycles. The Bertz CT molecular complexity index is 353. The summed E-state index contributed by atoms with van der Waals surface area (Å²) in [4.78, 5) is 0.336. The zero-order valence-corrected chi connectivity index (χ0v) is 13.3. The number of nitrogens with two attached hydrogens (primary N) is 1. The normalized spacial score (nSPS) is 12.6. The lowest BCUT2D eigenvalue weighted by atomic mass is 10.2. The number of hydrogen-bond donors (Lipinski definition) is 2. The third-order valence-electron chi connectivity index (χ3n) is 2.19. The predicted molar refractivity (Wildman–Crippen MR) is 79.6 cm³/mol. The highest BCUT2D eigenvalue weighted by atomic mass is 32.2. The molecule has 0 saturated heterocycles. The highest BCUT2D eigenvalue weighted by molar-refractivity contribution is 7.87. The molecule has 0 aliphatic heterocycles. The van der Waals surface area contributed by atoms with Gasteiger partial charge >= 0.3 is 0 Å². The van der Waals surface area contributed by atoms with E-state index in [2.05, 4.69) is 4.72 Å². The second kappa shape index (κ2) is 8.04. The Kier molecular flexibility index (Phi) is 7.93. The zero-order chi connectivity index (χ0) is 14.3. The lowest BCUT2D eigenvalue weighted by Crippen LogP contribution is -2.44. The Morgan fingerprint density at radius 3 is 2.22 bits per heavy atom. The molecule has 0 aromatic heterocycles. The highest BCUT2D eigenvalue weighted by Crippen LogP contribution is 2.06. The average Bonchev–Trinajstić information content (AvgIpc) is 2.20. The molecule has 0 aromatic rings. The van der Waals surface area contributed by atoms with Crippen molar-refractivity contribution in [3.05, 3.63) is 0 Å². The average molecular weight is 295 g/mol. The van der Waals surface area contributed by atoms with Crippen LogP contribution >= 0.6 is 12.2 Å². The Morgan fingerprint density at radius 2 is 1.83 bits per heavy atom. The summed E-state index contributed by atoms with van der Waals surface area (Å²) in [7, 11) is -3.44. The molecule has 0 aliphatic rings. The summed E-state index contributed by atoms with van der Waals surface area (Å²) in [5, 5.41) is 0. The summed E-state index contributed by atoms with van der Waals surface area (Å²) in [6.07, 6.45) is 0.407. The molecular formula is C11H25N3O2S2. The second-order valence-corrected chi connectivity index (χ2v) is 7.50. The maximum absolute atomic E-state index is 12.1. The molecule has 0 bridgehead atoms. The third-order valence-corrected chi connectivity index (χ3v) is 3.94. The molecule has 0 saturated carbocycles. The number of rotatable bonds is 9. The molecule has 108 valence electrons. The van der Waals surface area contributed by atoms with Crippen molar-refractivity contribution >= 4 is 27.4 Å². The fourth-order valence-corrected chi connectivity index (χ4v) is 2.96. The van der Waals surface area contributed by atoms with E-state index in [4.69, 9.17) is 18.0 Å². The molecule has 0 fully saturated rings. The maximum Gasteiger partial charge on any atom is 0.279 e. The molecule has 5 nitrogen and oxygen atoms in total. The Labute approximate surface area is 116 Å². The van der Waals surface area contributed by atoms with Crippen molar-refractivity contribution in [3.8, 4) is 0 Å². The molecule has 0 aromatic carbocycles. The van der Waals surface area contributed by atoms with Crippen molar-refractivity contribution in [2.45, 2.75) is 34.1 Å². The summed E-state index contributed by atoms with van der Waals surface area (Å²) in [5.41, 5.74) is 5.43. The van der Waals surface area contributed by atoms with Gasteiger partial charge in [0.15, 0.2) is 0 Å². The first-order valence-electron chi connectivity index (χ1n) is 6.18. The molecular weight excluding hydrogens is 270 g/mol. The SMILES string of the molecule is CC(C)CNS(=O)(=O)N(CCC(N)=S)CC(C)C. The van der Waals surface area contributed by atoms with Crippen LogP contribution in [0.1, 0.15) is 34.1 Å². The van der Waals surface area contributed by atoms with Gasteiger partial charge in [0.25, 0.3) is 10.2 Å². The van der Waals surface area contributed by atoms with E-state index in [1.54, 1.807) is 0 Å². The highest BCUT2D eigenvalue weighted by Gasteiger charge is 2.22. The molecule has 0 spiro atoms. The van der Waals surface area contributed by atoms with E-state index in [1.165, 1.54) is 4.31 Å². The summed E-state index contributed by atoms with van der Waals surface area (Å²) in [6, 6.07) is 0. The van der Waals surface area contributed by atoms with Crippen LogP contribution in [-0.2, 0) is 10.2 Å². The quantitative estimate of drug-likeness (QED) is 0.625. The van der Waals surface area contributed by atoms with E-state index in [0.29, 0.717) is 31.0 Å². The fourth-order valence-electron chi connectivity index (χ4n) is 1.32. The van der Waals surface area contributed by atoms with Gasteiger partial charge in [-0.15, -0.1) is 0 Å². The second-order valence-electron chi connectivity index (χ2n) is 5.22. The van der Waals surface area contributed by atoms with Crippen LogP contribution < -0.4 is 10.5 Å². The molecule has 0 unspecified atom stereocenters. The van der Waals surface area contributed by atoms with Gasteiger partial charge in [0.2, 0.25) is 0 Å². The van der Waals surface area contributed by atoms with Crippen LogP contribution in [0.3, 0.4) is 0 Å². The van der Waals surface area contributed by atoms with Crippen molar-refractivity contribution < 1.29 is 8.42 Å². The lowest BCUT2D eigenvalue weighted by molar-refractivity contribution is 0.367. The number of hydrogen-bond acceptors (Lipinski definition) is 3. The monoisotopic (exact) mass is 295 g/mol. The van der Waals surface area contributed by atoms with Gasteiger partial charge in [0, 0.05) is 26.1 Å². The molecule has 0 atom stereocenters. The first kappa shape index (κ1) is 17.8. The van der Waals surface area contributed by atoms with Gasteiger partial charge in [-0.2, -0.15) is 12.7 Å². The van der Waals surface area contributed by atoms with E-state index in [-0.39, 0.29) is 11.8 Å². The molecule has 0 rings (SSSR count). The van der Waals surface area contributed by atoms with Crippen LogP contribution in [0.4, 0.5) is 0 Å². The first-order chi connectivity index (χ1) is 8.15. The summed E-state index contributed by atoms with van der Waals surface area (Å²) in [6.45, 7) is 9.12. The minimum atomic E-state index is -3.44. The summed E-state index contributed by atoms with van der Waals surface area (Å²) >= 11 is 4.79. The first-order valence-corrected chi connectivity index (χ1v) is 8.03. The topological polar surface area (TPSA) is 75.4 Å². The predicted octanol–water partition coefficient (Wildman–Crippen LogP) is 1.11. The fraction of sp³-hybridized carbons (Fsp3) is 0.909. The number of nitrogens with one attached hydrogen (secondary N) is 1. The summed E-state index contributed by atoms with van der Waals surface area (Å²) in [5.74, 6) is 0.531. The van der Waals surface area contributed by atoms with Gasteiger partial charge in [0.05, 0.1) is 4.99 Å². The van der Waals surface area contributed by atoms with Gasteiger partial charge in [-0.3, -0.25) is 0 Å². The standard InChI is InChI=1S/C11H25N3O2S2/c1-9(2)7-13-18(15,16)14(8-10(3)4)6-5-11(12)17/h9-10,13H,5-8H2,1-4H3,(H2,12,17). The van der Waals surface area contributed by atoms with Crippen molar-refractivity contribution in [2.75, 3.05) is 19.6 Å². The third kappa shape index (κ3) is 7.97. The van der Waals surface area contributed by atoms with Gasteiger partial charge in [-0.05, 0) is 11.8 Å². The van der Waals surface area contributed by atoms with Crippen molar-refractivity contribution in [3.63, 3.8) is 0 Å². The number of thiocarbonyl (C=S) groups is 1. The van der Waals surface area contributed by atoms with Crippen LogP contribution in [0.15, 0.2) is 0 Å². The number of nitrogens with zero attached hydrogens (tertiary/aromatic N) is 1.